The van der Waals surface area contributed by atoms with Gasteiger partial charge in [-0.25, -0.2) is 8.42 Å². The number of anilines is 1. The first-order valence-electron chi connectivity index (χ1n) is 14.5. The smallest absolute Gasteiger partial charge is 0.264 e. The van der Waals surface area contributed by atoms with Gasteiger partial charge in [0.1, 0.15) is 18.3 Å². The second-order valence-corrected chi connectivity index (χ2v) is 13.8. The summed E-state index contributed by atoms with van der Waals surface area (Å²) in [4.78, 5) is 29.3. The van der Waals surface area contributed by atoms with Gasteiger partial charge in [-0.3, -0.25) is 13.9 Å². The topological polar surface area (TPSA) is 96.0 Å². The molecule has 3 aromatic rings. The zero-order chi connectivity index (χ0) is 31.9. The molecule has 0 aliphatic heterocycles. The van der Waals surface area contributed by atoms with Crippen molar-refractivity contribution in [3.63, 3.8) is 0 Å². The first kappa shape index (κ1) is 33.9. The van der Waals surface area contributed by atoms with E-state index in [2.05, 4.69) is 5.32 Å². The number of rotatable bonds is 12. The van der Waals surface area contributed by atoms with Crippen molar-refractivity contribution in [2.24, 2.45) is 0 Å². The summed E-state index contributed by atoms with van der Waals surface area (Å²) in [5.41, 5.74) is 0.693. The fourth-order valence-corrected chi connectivity index (χ4v) is 7.39. The molecule has 0 radical (unpaired) electrons. The van der Waals surface area contributed by atoms with E-state index in [4.69, 9.17) is 39.5 Å². The van der Waals surface area contributed by atoms with Crippen molar-refractivity contribution in [3.05, 3.63) is 87.4 Å². The zero-order valence-corrected chi connectivity index (χ0v) is 27.7. The highest BCUT2D eigenvalue weighted by Gasteiger charge is 2.35. The Balaban J connectivity index is 1.73. The van der Waals surface area contributed by atoms with E-state index in [1.165, 1.54) is 48.4 Å². The molecule has 1 atom stereocenters. The molecule has 1 fully saturated rings. The Hall–Kier alpha value is -2.98. The molecule has 2 amide bonds. The Labute approximate surface area is 274 Å². The zero-order valence-electron chi connectivity index (χ0n) is 24.6. The van der Waals surface area contributed by atoms with E-state index in [1.54, 1.807) is 30.3 Å². The Morgan fingerprint density at radius 3 is 2.11 bits per heavy atom. The van der Waals surface area contributed by atoms with E-state index in [0.717, 1.165) is 36.4 Å². The summed E-state index contributed by atoms with van der Waals surface area (Å²) in [5.74, 6) is -0.415. The van der Waals surface area contributed by atoms with Crippen LogP contribution in [0.3, 0.4) is 0 Å². The number of ether oxygens (including phenoxy) is 1. The molecule has 0 heterocycles. The first-order chi connectivity index (χ1) is 21.0. The lowest BCUT2D eigenvalue weighted by Gasteiger charge is -2.34. The minimum atomic E-state index is -4.25. The van der Waals surface area contributed by atoms with Crippen LogP contribution in [0.4, 0.5) is 5.69 Å². The number of amides is 2. The SMILES string of the molecule is CCC(C(=O)NC1CCCCC1)N(Cc1c(Cl)cccc1Cl)C(=O)CN(c1ccc(Cl)cc1)S(=O)(=O)c1ccc(OC)cc1. The van der Waals surface area contributed by atoms with Gasteiger partial charge < -0.3 is 15.0 Å². The maximum Gasteiger partial charge on any atom is 0.264 e. The molecule has 3 aromatic carbocycles. The third kappa shape index (κ3) is 8.18. The molecule has 1 unspecified atom stereocenters. The van der Waals surface area contributed by atoms with E-state index in [0.29, 0.717) is 32.8 Å². The third-order valence-electron chi connectivity index (χ3n) is 7.77. The third-order valence-corrected chi connectivity index (χ3v) is 10.5. The maximum atomic E-state index is 14.3. The summed E-state index contributed by atoms with van der Waals surface area (Å²) < 4.78 is 34.3. The molecule has 1 N–H and O–H groups in total. The van der Waals surface area contributed by atoms with Gasteiger partial charge in [0.2, 0.25) is 11.8 Å². The van der Waals surface area contributed by atoms with E-state index in [9.17, 15) is 18.0 Å². The minimum Gasteiger partial charge on any atom is -0.497 e. The summed E-state index contributed by atoms with van der Waals surface area (Å²) in [6.45, 7) is 1.13. The highest BCUT2D eigenvalue weighted by Crippen LogP contribution is 2.30. The minimum absolute atomic E-state index is 0.0205. The van der Waals surface area contributed by atoms with Gasteiger partial charge in [0.25, 0.3) is 10.0 Å². The predicted octanol–water partition coefficient (Wildman–Crippen LogP) is 7.11. The molecule has 0 bridgehead atoms. The molecule has 1 aliphatic rings. The van der Waals surface area contributed by atoms with E-state index in [1.807, 2.05) is 6.92 Å². The number of carbonyl (C=O) groups excluding carboxylic acids is 2. The number of halogens is 3. The van der Waals surface area contributed by atoms with Gasteiger partial charge in [-0.15, -0.1) is 0 Å². The Kier molecular flexibility index (Phi) is 11.8. The fraction of sp³-hybridized carbons (Fsp3) is 0.375. The van der Waals surface area contributed by atoms with Crippen LogP contribution in [-0.2, 0) is 26.2 Å². The summed E-state index contributed by atoms with van der Waals surface area (Å²) in [6.07, 6.45) is 5.21. The first-order valence-corrected chi connectivity index (χ1v) is 17.1. The van der Waals surface area contributed by atoms with Crippen LogP contribution in [0.1, 0.15) is 51.0 Å². The lowest BCUT2D eigenvalue weighted by Crippen LogP contribution is -2.54. The van der Waals surface area contributed by atoms with Crippen molar-refractivity contribution in [2.45, 2.75) is 69.0 Å². The standard InChI is InChI=1S/C32H36Cl3N3O5S/c1-3-30(32(40)36-23-8-5-4-6-9-23)37(20-27-28(34)10-7-11-29(27)35)31(39)21-38(24-14-12-22(33)13-15-24)44(41,42)26-18-16-25(43-2)17-19-26/h7,10-19,23,30H,3-6,8-9,20-21H2,1-2H3,(H,36,40). The fourth-order valence-electron chi connectivity index (χ4n) is 5.33. The van der Waals surface area contributed by atoms with Crippen LogP contribution in [0.5, 0.6) is 5.75 Å². The molecular weight excluding hydrogens is 645 g/mol. The van der Waals surface area contributed by atoms with Crippen LogP contribution < -0.4 is 14.4 Å². The Bertz CT molecular complexity index is 1530. The summed E-state index contributed by atoms with van der Waals surface area (Å²) in [5, 5.41) is 4.19. The molecule has 8 nitrogen and oxygen atoms in total. The number of nitrogens with one attached hydrogen (secondary N) is 1. The average molecular weight is 681 g/mol. The monoisotopic (exact) mass is 679 g/mol. The normalized spacial score (nSPS) is 14.5. The van der Waals surface area contributed by atoms with Crippen molar-refractivity contribution >= 4 is 62.3 Å². The summed E-state index contributed by atoms with van der Waals surface area (Å²) in [6, 6.07) is 16.2. The van der Waals surface area contributed by atoms with Crippen LogP contribution in [0.15, 0.2) is 71.6 Å². The molecule has 236 valence electrons. The lowest BCUT2D eigenvalue weighted by molar-refractivity contribution is -0.140. The lowest BCUT2D eigenvalue weighted by atomic mass is 9.95. The van der Waals surface area contributed by atoms with Crippen LogP contribution >= 0.6 is 34.8 Å². The van der Waals surface area contributed by atoms with Gasteiger partial charge in [0.15, 0.2) is 0 Å². The molecule has 4 rings (SSSR count). The van der Waals surface area contributed by atoms with Gasteiger partial charge in [-0.1, -0.05) is 67.1 Å². The second kappa shape index (κ2) is 15.3. The number of carbonyl (C=O) groups is 2. The highest BCUT2D eigenvalue weighted by atomic mass is 35.5. The van der Waals surface area contributed by atoms with Crippen LogP contribution in [0.2, 0.25) is 15.1 Å². The molecule has 0 aromatic heterocycles. The van der Waals surface area contributed by atoms with Crippen molar-refractivity contribution in [1.29, 1.82) is 0 Å². The van der Waals surface area contributed by atoms with Crippen molar-refractivity contribution in [3.8, 4) is 5.75 Å². The van der Waals surface area contributed by atoms with E-state index >= 15 is 0 Å². The number of hydrogen-bond donors (Lipinski definition) is 1. The van der Waals surface area contributed by atoms with Gasteiger partial charge >= 0.3 is 0 Å². The van der Waals surface area contributed by atoms with Crippen LogP contribution in [0, 0.1) is 0 Å². The van der Waals surface area contributed by atoms with E-state index < -0.39 is 28.5 Å². The Morgan fingerprint density at radius 2 is 1.55 bits per heavy atom. The number of benzene rings is 3. The number of sulfonamides is 1. The second-order valence-electron chi connectivity index (χ2n) is 10.7. The number of hydrogen-bond acceptors (Lipinski definition) is 5. The molecule has 0 saturated heterocycles. The van der Waals surface area contributed by atoms with Crippen molar-refractivity contribution in [1.82, 2.24) is 10.2 Å². The molecule has 1 aliphatic carbocycles. The largest absolute Gasteiger partial charge is 0.497 e. The predicted molar refractivity (Wildman–Crippen MR) is 175 cm³/mol. The number of nitrogens with zero attached hydrogens (tertiary/aromatic N) is 2. The Morgan fingerprint density at radius 1 is 0.932 bits per heavy atom. The van der Waals surface area contributed by atoms with Gasteiger partial charge in [0.05, 0.1) is 17.7 Å². The van der Waals surface area contributed by atoms with Crippen LogP contribution in [0.25, 0.3) is 0 Å². The van der Waals surface area contributed by atoms with Crippen molar-refractivity contribution < 1.29 is 22.7 Å². The summed E-state index contributed by atoms with van der Waals surface area (Å²) >= 11 is 19.1. The highest BCUT2D eigenvalue weighted by molar-refractivity contribution is 7.92. The molecule has 0 spiro atoms. The average Bonchev–Trinajstić information content (AvgIpc) is 3.02. The van der Waals surface area contributed by atoms with Crippen LogP contribution in [-0.4, -0.2) is 50.9 Å². The van der Waals surface area contributed by atoms with E-state index in [-0.39, 0.29) is 29.1 Å². The molecular formula is C32H36Cl3N3O5S. The van der Waals surface area contributed by atoms with Gasteiger partial charge in [-0.2, -0.15) is 0 Å². The maximum absolute atomic E-state index is 14.3. The summed E-state index contributed by atoms with van der Waals surface area (Å²) in [7, 11) is -2.77. The number of methoxy groups -OCH3 is 1. The van der Waals surface area contributed by atoms with Crippen molar-refractivity contribution in [2.75, 3.05) is 18.0 Å². The molecule has 12 heteroatoms. The molecule has 1 saturated carbocycles. The molecule has 44 heavy (non-hydrogen) atoms. The quantitative estimate of drug-likeness (QED) is 0.220. The van der Waals surface area contributed by atoms with Gasteiger partial charge in [-0.05, 0) is 79.9 Å². The van der Waals surface area contributed by atoms with Gasteiger partial charge in [0, 0.05) is 33.2 Å².